The highest BCUT2D eigenvalue weighted by atomic mass is 127. The zero-order valence-electron chi connectivity index (χ0n) is 6.92. The van der Waals surface area contributed by atoms with Crippen LogP contribution in [0.25, 0.3) is 0 Å². The molecule has 1 aromatic heterocycles. The Labute approximate surface area is 85.7 Å². The molecule has 0 saturated heterocycles. The van der Waals surface area contributed by atoms with Gasteiger partial charge in [-0.25, -0.2) is 0 Å². The molecule has 2 atom stereocenters. The van der Waals surface area contributed by atoms with Gasteiger partial charge in [-0.1, -0.05) is 28.7 Å². The van der Waals surface area contributed by atoms with Crippen LogP contribution >= 0.6 is 22.6 Å². The lowest BCUT2D eigenvalue weighted by Crippen LogP contribution is -2.28. The standard InChI is InChI=1S/C9H11IN2/c1-9(10)5-7-6(8(9)11)3-2-4-12-7/h2-4,8H,5,11H2,1H3/t8-,9?/m1/s1. The van der Waals surface area contributed by atoms with Gasteiger partial charge in [-0.3, -0.25) is 4.98 Å². The molecule has 0 radical (unpaired) electrons. The first-order chi connectivity index (χ1) is 5.61. The second kappa shape index (κ2) is 2.67. The molecule has 0 fully saturated rings. The molecule has 0 aliphatic heterocycles. The van der Waals surface area contributed by atoms with Crippen molar-refractivity contribution in [1.29, 1.82) is 0 Å². The van der Waals surface area contributed by atoms with Crippen LogP contribution in [0.1, 0.15) is 24.2 Å². The summed E-state index contributed by atoms with van der Waals surface area (Å²) in [6, 6.07) is 4.18. The summed E-state index contributed by atoms with van der Waals surface area (Å²) in [4.78, 5) is 4.32. The molecule has 1 aliphatic carbocycles. The van der Waals surface area contributed by atoms with E-state index in [1.54, 1.807) is 0 Å². The quantitative estimate of drug-likeness (QED) is 0.579. The third-order valence-electron chi connectivity index (χ3n) is 2.42. The summed E-state index contributed by atoms with van der Waals surface area (Å²) in [6.07, 6.45) is 2.83. The summed E-state index contributed by atoms with van der Waals surface area (Å²) in [6.45, 7) is 2.18. The van der Waals surface area contributed by atoms with Gasteiger partial charge in [-0.15, -0.1) is 0 Å². The lowest BCUT2D eigenvalue weighted by molar-refractivity contribution is 0.592. The van der Waals surface area contributed by atoms with Gasteiger partial charge in [-0.05, 0) is 18.6 Å². The summed E-state index contributed by atoms with van der Waals surface area (Å²) in [7, 11) is 0. The number of pyridine rings is 1. The van der Waals surface area contributed by atoms with Crippen LogP contribution in [0.3, 0.4) is 0 Å². The number of halogens is 1. The largest absolute Gasteiger partial charge is 0.323 e. The third-order valence-corrected chi connectivity index (χ3v) is 3.47. The van der Waals surface area contributed by atoms with Crippen molar-refractivity contribution in [2.75, 3.05) is 0 Å². The number of aromatic nitrogens is 1. The van der Waals surface area contributed by atoms with Gasteiger partial charge in [0.2, 0.25) is 0 Å². The van der Waals surface area contributed by atoms with E-state index in [0.717, 1.165) is 6.42 Å². The molecule has 2 nitrogen and oxygen atoms in total. The van der Waals surface area contributed by atoms with Crippen molar-refractivity contribution in [1.82, 2.24) is 4.98 Å². The van der Waals surface area contributed by atoms with Crippen LogP contribution in [0.2, 0.25) is 0 Å². The van der Waals surface area contributed by atoms with Crippen molar-refractivity contribution >= 4 is 22.6 Å². The third kappa shape index (κ3) is 1.15. The van der Waals surface area contributed by atoms with Gasteiger partial charge in [0.15, 0.2) is 0 Å². The maximum Gasteiger partial charge on any atom is 0.0465 e. The van der Waals surface area contributed by atoms with E-state index in [-0.39, 0.29) is 9.46 Å². The highest BCUT2D eigenvalue weighted by Crippen LogP contribution is 2.42. The topological polar surface area (TPSA) is 38.9 Å². The zero-order chi connectivity index (χ0) is 8.77. The summed E-state index contributed by atoms with van der Waals surface area (Å²) in [5, 5.41) is 0. The lowest BCUT2D eigenvalue weighted by Gasteiger charge is -2.20. The van der Waals surface area contributed by atoms with E-state index in [4.69, 9.17) is 5.73 Å². The average Bonchev–Trinajstić information content (AvgIpc) is 2.24. The van der Waals surface area contributed by atoms with Crippen LogP contribution in [0.5, 0.6) is 0 Å². The van der Waals surface area contributed by atoms with Crippen LogP contribution in [0.4, 0.5) is 0 Å². The molecular formula is C9H11IN2. The predicted octanol–water partition coefficient (Wildman–Crippen LogP) is 1.83. The van der Waals surface area contributed by atoms with Crippen molar-refractivity contribution in [2.45, 2.75) is 22.8 Å². The number of nitrogens with zero attached hydrogens (tertiary/aromatic N) is 1. The molecule has 0 bridgehead atoms. The molecule has 1 unspecified atom stereocenters. The second-order valence-electron chi connectivity index (χ2n) is 3.47. The fourth-order valence-electron chi connectivity index (χ4n) is 1.64. The van der Waals surface area contributed by atoms with Crippen LogP contribution in [0.15, 0.2) is 18.3 Å². The minimum Gasteiger partial charge on any atom is -0.323 e. The fraction of sp³-hybridized carbons (Fsp3) is 0.444. The Bertz CT molecular complexity index is 309. The molecule has 2 rings (SSSR count). The van der Waals surface area contributed by atoms with Crippen molar-refractivity contribution in [3.05, 3.63) is 29.6 Å². The van der Waals surface area contributed by atoms with Crippen LogP contribution in [-0.2, 0) is 6.42 Å². The highest BCUT2D eigenvalue weighted by molar-refractivity contribution is 14.1. The molecule has 0 spiro atoms. The first-order valence-electron chi connectivity index (χ1n) is 3.99. The van der Waals surface area contributed by atoms with E-state index in [1.807, 2.05) is 12.3 Å². The Morgan fingerprint density at radius 3 is 3.17 bits per heavy atom. The number of rotatable bonds is 0. The van der Waals surface area contributed by atoms with Crippen molar-refractivity contribution in [2.24, 2.45) is 5.73 Å². The summed E-state index contributed by atoms with van der Waals surface area (Å²) in [5.41, 5.74) is 8.46. The Balaban J connectivity index is 2.49. The highest BCUT2D eigenvalue weighted by Gasteiger charge is 2.38. The number of nitrogens with two attached hydrogens (primary N) is 1. The van der Waals surface area contributed by atoms with E-state index in [0.29, 0.717) is 0 Å². The number of alkyl halides is 1. The van der Waals surface area contributed by atoms with Gasteiger partial charge < -0.3 is 5.73 Å². The molecule has 12 heavy (non-hydrogen) atoms. The van der Waals surface area contributed by atoms with Crippen molar-refractivity contribution in [3.63, 3.8) is 0 Å². The molecule has 0 saturated carbocycles. The van der Waals surface area contributed by atoms with E-state index in [9.17, 15) is 0 Å². The maximum absolute atomic E-state index is 6.08. The summed E-state index contributed by atoms with van der Waals surface area (Å²) >= 11 is 2.42. The molecule has 0 aromatic carbocycles. The normalized spacial score (nSPS) is 33.4. The summed E-state index contributed by atoms with van der Waals surface area (Å²) < 4.78 is 0.147. The second-order valence-corrected chi connectivity index (χ2v) is 5.94. The Morgan fingerprint density at radius 1 is 1.75 bits per heavy atom. The van der Waals surface area contributed by atoms with Crippen LogP contribution < -0.4 is 5.73 Å². The number of fused-ring (bicyclic) bond motifs is 1. The predicted molar refractivity (Wildman–Crippen MR) is 57.3 cm³/mol. The summed E-state index contributed by atoms with van der Waals surface area (Å²) in [5.74, 6) is 0. The molecule has 2 N–H and O–H groups in total. The molecule has 64 valence electrons. The minimum atomic E-state index is 0.141. The fourth-order valence-corrected chi connectivity index (χ4v) is 2.34. The van der Waals surface area contributed by atoms with Gasteiger partial charge in [-0.2, -0.15) is 0 Å². The molecule has 1 heterocycles. The van der Waals surface area contributed by atoms with Crippen LogP contribution in [-0.4, -0.2) is 8.41 Å². The van der Waals surface area contributed by atoms with Gasteiger partial charge >= 0.3 is 0 Å². The SMILES string of the molecule is CC1(I)Cc2ncccc2[C@H]1N. The van der Waals surface area contributed by atoms with E-state index in [2.05, 4.69) is 40.6 Å². The monoisotopic (exact) mass is 274 g/mol. The first-order valence-corrected chi connectivity index (χ1v) is 5.07. The Hall–Kier alpha value is -0.160. The van der Waals surface area contributed by atoms with Crippen LogP contribution in [0, 0.1) is 0 Å². The van der Waals surface area contributed by atoms with Gasteiger partial charge in [0.1, 0.15) is 0 Å². The smallest absolute Gasteiger partial charge is 0.0465 e. The van der Waals surface area contributed by atoms with E-state index in [1.165, 1.54) is 11.3 Å². The lowest BCUT2D eigenvalue weighted by atomic mass is 10.0. The number of hydrogen-bond donors (Lipinski definition) is 1. The Kier molecular flexibility index (Phi) is 1.88. The molecule has 3 heteroatoms. The molecular weight excluding hydrogens is 263 g/mol. The van der Waals surface area contributed by atoms with Crippen molar-refractivity contribution in [3.8, 4) is 0 Å². The Morgan fingerprint density at radius 2 is 2.50 bits per heavy atom. The van der Waals surface area contributed by atoms with E-state index >= 15 is 0 Å². The zero-order valence-corrected chi connectivity index (χ0v) is 9.08. The van der Waals surface area contributed by atoms with Gasteiger partial charge in [0.25, 0.3) is 0 Å². The van der Waals surface area contributed by atoms with Gasteiger partial charge in [0, 0.05) is 27.8 Å². The molecule has 0 amide bonds. The van der Waals surface area contributed by atoms with E-state index < -0.39 is 0 Å². The van der Waals surface area contributed by atoms with Gasteiger partial charge in [0.05, 0.1) is 0 Å². The maximum atomic E-state index is 6.08. The first kappa shape index (κ1) is 8.44. The molecule has 1 aliphatic rings. The average molecular weight is 274 g/mol. The molecule has 1 aromatic rings. The number of hydrogen-bond acceptors (Lipinski definition) is 2. The minimum absolute atomic E-state index is 0.141. The van der Waals surface area contributed by atoms with Crippen molar-refractivity contribution < 1.29 is 0 Å².